The number of carbonyl (C=O) groups excluding carboxylic acids is 1. The molecule has 18 heavy (non-hydrogen) atoms. The molecule has 4 nitrogen and oxygen atoms in total. The molecule has 1 aliphatic heterocycles. The molecule has 2 atom stereocenters. The molecule has 1 heterocycles. The summed E-state index contributed by atoms with van der Waals surface area (Å²) in [6, 6.07) is 5.22. The summed E-state index contributed by atoms with van der Waals surface area (Å²) in [6.07, 6.45) is 0. The topological polar surface area (TPSA) is 50.4 Å². The summed E-state index contributed by atoms with van der Waals surface area (Å²) in [7, 11) is 1.55. The van der Waals surface area contributed by atoms with E-state index < -0.39 is 0 Å². The van der Waals surface area contributed by atoms with Gasteiger partial charge in [0.15, 0.2) is 0 Å². The maximum absolute atomic E-state index is 12.1. The van der Waals surface area contributed by atoms with Crippen LogP contribution in [0, 0.1) is 11.8 Å². The van der Waals surface area contributed by atoms with Crippen LogP contribution in [0.5, 0.6) is 5.75 Å². The van der Waals surface area contributed by atoms with Gasteiger partial charge in [0.05, 0.1) is 18.1 Å². The number of carbonyl (C=O) groups is 1. The Kier molecular flexibility index (Phi) is 4.09. The Bertz CT molecular complexity index is 451. The SMILES string of the molecule is COc1cc(NC(=O)[C@@H]2CNC[C@H]2C)ccc1Cl. The molecule has 1 fully saturated rings. The lowest BCUT2D eigenvalue weighted by atomic mass is 9.97. The van der Waals surface area contributed by atoms with Gasteiger partial charge in [-0.3, -0.25) is 4.79 Å². The summed E-state index contributed by atoms with van der Waals surface area (Å²) >= 11 is 5.94. The lowest BCUT2D eigenvalue weighted by molar-refractivity contribution is -0.120. The molecule has 0 bridgehead atoms. The zero-order chi connectivity index (χ0) is 13.1. The Morgan fingerprint density at radius 2 is 2.28 bits per heavy atom. The standard InChI is InChI=1S/C13H17ClN2O2/c1-8-6-15-7-10(8)13(17)16-9-3-4-11(14)12(5-9)18-2/h3-5,8,10,15H,6-7H2,1-2H3,(H,16,17)/t8-,10-/m1/s1. The molecule has 1 saturated heterocycles. The fourth-order valence-electron chi connectivity index (χ4n) is 2.13. The van der Waals surface area contributed by atoms with Crippen LogP contribution >= 0.6 is 11.6 Å². The molecule has 0 unspecified atom stereocenters. The lowest BCUT2D eigenvalue weighted by Gasteiger charge is -2.15. The third-order valence-electron chi connectivity index (χ3n) is 3.27. The second kappa shape index (κ2) is 5.59. The van der Waals surface area contributed by atoms with E-state index in [1.54, 1.807) is 25.3 Å². The minimum absolute atomic E-state index is 0.0201. The zero-order valence-corrected chi connectivity index (χ0v) is 11.3. The van der Waals surface area contributed by atoms with Crippen molar-refractivity contribution in [2.45, 2.75) is 6.92 Å². The van der Waals surface area contributed by atoms with Crippen LogP contribution in [0.4, 0.5) is 5.69 Å². The fourth-order valence-corrected chi connectivity index (χ4v) is 2.33. The van der Waals surface area contributed by atoms with Gasteiger partial charge in [-0.15, -0.1) is 0 Å². The van der Waals surface area contributed by atoms with Crippen LogP contribution in [-0.2, 0) is 4.79 Å². The van der Waals surface area contributed by atoms with Gasteiger partial charge < -0.3 is 15.4 Å². The van der Waals surface area contributed by atoms with E-state index in [1.807, 2.05) is 0 Å². The Labute approximate surface area is 112 Å². The summed E-state index contributed by atoms with van der Waals surface area (Å²) in [6.45, 7) is 3.70. The van der Waals surface area contributed by atoms with Crippen molar-refractivity contribution in [3.8, 4) is 5.75 Å². The predicted octanol–water partition coefficient (Wildman–Crippen LogP) is 2.14. The number of nitrogens with one attached hydrogen (secondary N) is 2. The maximum Gasteiger partial charge on any atom is 0.229 e. The van der Waals surface area contributed by atoms with Gasteiger partial charge in [-0.25, -0.2) is 0 Å². The summed E-state index contributed by atoms with van der Waals surface area (Å²) in [5.74, 6) is 0.981. The molecular formula is C13H17ClN2O2. The Morgan fingerprint density at radius 1 is 1.50 bits per heavy atom. The first-order valence-electron chi connectivity index (χ1n) is 5.97. The van der Waals surface area contributed by atoms with E-state index in [0.29, 0.717) is 22.4 Å². The highest BCUT2D eigenvalue weighted by molar-refractivity contribution is 6.32. The average Bonchev–Trinajstić information content (AvgIpc) is 2.78. The van der Waals surface area contributed by atoms with Crippen molar-refractivity contribution in [3.05, 3.63) is 23.2 Å². The molecule has 98 valence electrons. The first-order chi connectivity index (χ1) is 8.61. The van der Waals surface area contributed by atoms with Gasteiger partial charge in [-0.1, -0.05) is 18.5 Å². The van der Waals surface area contributed by atoms with Crippen LogP contribution in [0.1, 0.15) is 6.92 Å². The molecule has 0 aromatic heterocycles. The third kappa shape index (κ3) is 2.76. The second-order valence-electron chi connectivity index (χ2n) is 4.58. The molecule has 2 rings (SSSR count). The largest absolute Gasteiger partial charge is 0.495 e. The van der Waals surface area contributed by atoms with Gasteiger partial charge in [0.25, 0.3) is 0 Å². The average molecular weight is 269 g/mol. The zero-order valence-electron chi connectivity index (χ0n) is 10.5. The van der Waals surface area contributed by atoms with Crippen LogP contribution in [0.2, 0.25) is 5.02 Å². The number of halogens is 1. The highest BCUT2D eigenvalue weighted by atomic mass is 35.5. The van der Waals surface area contributed by atoms with Crippen molar-refractivity contribution in [2.75, 3.05) is 25.5 Å². The van der Waals surface area contributed by atoms with Crippen molar-refractivity contribution < 1.29 is 9.53 Å². The number of hydrogen-bond donors (Lipinski definition) is 2. The molecule has 0 radical (unpaired) electrons. The normalized spacial score (nSPS) is 22.8. The number of methoxy groups -OCH3 is 1. The highest BCUT2D eigenvalue weighted by Gasteiger charge is 2.29. The molecule has 0 aliphatic carbocycles. The number of ether oxygens (including phenoxy) is 1. The minimum atomic E-state index is 0.0201. The predicted molar refractivity (Wildman–Crippen MR) is 72.2 cm³/mol. The Balaban J connectivity index is 2.07. The summed E-state index contributed by atoms with van der Waals surface area (Å²) in [5.41, 5.74) is 0.709. The third-order valence-corrected chi connectivity index (χ3v) is 3.59. The summed E-state index contributed by atoms with van der Waals surface area (Å²) < 4.78 is 5.12. The van der Waals surface area contributed by atoms with Crippen LogP contribution < -0.4 is 15.4 Å². The first-order valence-corrected chi connectivity index (χ1v) is 6.34. The summed E-state index contributed by atoms with van der Waals surface area (Å²) in [5, 5.41) is 6.65. The smallest absolute Gasteiger partial charge is 0.229 e. The van der Waals surface area contributed by atoms with Crippen LogP contribution in [0.3, 0.4) is 0 Å². The monoisotopic (exact) mass is 268 g/mol. The molecule has 1 aromatic rings. The van der Waals surface area contributed by atoms with Gasteiger partial charge in [-0.05, 0) is 24.6 Å². The number of rotatable bonds is 3. The number of benzene rings is 1. The minimum Gasteiger partial charge on any atom is -0.495 e. The molecule has 5 heteroatoms. The molecule has 1 aromatic carbocycles. The highest BCUT2D eigenvalue weighted by Crippen LogP contribution is 2.28. The van der Waals surface area contributed by atoms with Crippen molar-refractivity contribution in [2.24, 2.45) is 11.8 Å². The first kappa shape index (κ1) is 13.2. The molecule has 1 aliphatic rings. The number of amides is 1. The quantitative estimate of drug-likeness (QED) is 0.883. The van der Waals surface area contributed by atoms with E-state index in [9.17, 15) is 4.79 Å². The van der Waals surface area contributed by atoms with Gasteiger partial charge in [-0.2, -0.15) is 0 Å². The van der Waals surface area contributed by atoms with Crippen molar-refractivity contribution in [1.82, 2.24) is 5.32 Å². The van der Waals surface area contributed by atoms with E-state index in [-0.39, 0.29) is 11.8 Å². The van der Waals surface area contributed by atoms with Crippen molar-refractivity contribution in [3.63, 3.8) is 0 Å². The fraction of sp³-hybridized carbons (Fsp3) is 0.462. The van der Waals surface area contributed by atoms with E-state index >= 15 is 0 Å². The number of hydrogen-bond acceptors (Lipinski definition) is 3. The molecule has 0 saturated carbocycles. The van der Waals surface area contributed by atoms with Gasteiger partial charge in [0.2, 0.25) is 5.91 Å². The Morgan fingerprint density at radius 3 is 2.89 bits per heavy atom. The van der Waals surface area contributed by atoms with Gasteiger partial charge >= 0.3 is 0 Å². The van der Waals surface area contributed by atoms with Crippen LogP contribution in [0.15, 0.2) is 18.2 Å². The van der Waals surface area contributed by atoms with Gasteiger partial charge in [0.1, 0.15) is 5.75 Å². The maximum atomic E-state index is 12.1. The van der Waals surface area contributed by atoms with Crippen LogP contribution in [-0.4, -0.2) is 26.1 Å². The lowest BCUT2D eigenvalue weighted by Crippen LogP contribution is -2.27. The molecule has 0 spiro atoms. The number of anilines is 1. The second-order valence-corrected chi connectivity index (χ2v) is 4.99. The van der Waals surface area contributed by atoms with Crippen molar-refractivity contribution >= 4 is 23.2 Å². The van der Waals surface area contributed by atoms with E-state index in [0.717, 1.165) is 13.1 Å². The van der Waals surface area contributed by atoms with E-state index in [2.05, 4.69) is 17.6 Å². The van der Waals surface area contributed by atoms with Crippen LogP contribution in [0.25, 0.3) is 0 Å². The summed E-state index contributed by atoms with van der Waals surface area (Å²) in [4.78, 5) is 12.1. The van der Waals surface area contributed by atoms with E-state index in [1.165, 1.54) is 0 Å². The Hall–Kier alpha value is -1.26. The molecular weight excluding hydrogens is 252 g/mol. The van der Waals surface area contributed by atoms with E-state index in [4.69, 9.17) is 16.3 Å². The molecule has 1 amide bonds. The van der Waals surface area contributed by atoms with Gasteiger partial charge in [0, 0.05) is 18.3 Å². The van der Waals surface area contributed by atoms with Crippen molar-refractivity contribution in [1.29, 1.82) is 0 Å². The molecule has 2 N–H and O–H groups in total.